The molecule has 0 aromatic heterocycles. The molecule has 76 valence electrons. The van der Waals surface area contributed by atoms with E-state index in [-0.39, 0.29) is 12.6 Å². The number of esters is 1. The van der Waals surface area contributed by atoms with Crippen LogP contribution in [0.2, 0.25) is 0 Å². The summed E-state index contributed by atoms with van der Waals surface area (Å²) in [5.41, 5.74) is 1.01. The minimum Gasteiger partial charge on any atom is -0.482 e. The van der Waals surface area contributed by atoms with Crippen LogP contribution in [0.15, 0.2) is 18.2 Å². The van der Waals surface area contributed by atoms with Gasteiger partial charge in [0.2, 0.25) is 0 Å². The number of halogens is 1. The number of ether oxygens (including phenoxy) is 2. The van der Waals surface area contributed by atoms with Crippen molar-refractivity contribution >= 4 is 28.6 Å². The molecule has 0 spiro atoms. The molecule has 4 heteroatoms. The lowest BCUT2D eigenvalue weighted by atomic mass is 10.2. The Bertz CT molecular complexity index is 336. The molecule has 0 amide bonds. The third-order valence-corrected chi connectivity index (χ3v) is 2.39. The van der Waals surface area contributed by atoms with Crippen molar-refractivity contribution in [2.45, 2.75) is 6.92 Å². The Kier molecular flexibility index (Phi) is 4.19. The summed E-state index contributed by atoms with van der Waals surface area (Å²) in [5.74, 6) is 0.352. The summed E-state index contributed by atoms with van der Waals surface area (Å²) in [5, 5.41) is 0. The molecule has 0 aliphatic carbocycles. The molecule has 0 atom stereocenters. The molecular formula is C10H11IO3. The fourth-order valence-electron chi connectivity index (χ4n) is 0.925. The molecule has 0 saturated carbocycles. The lowest BCUT2D eigenvalue weighted by Gasteiger charge is -2.07. The lowest BCUT2D eigenvalue weighted by Crippen LogP contribution is -2.13. The van der Waals surface area contributed by atoms with Crippen LogP contribution in [-0.4, -0.2) is 19.7 Å². The van der Waals surface area contributed by atoms with Gasteiger partial charge in [0.05, 0.1) is 7.11 Å². The van der Waals surface area contributed by atoms with Gasteiger partial charge >= 0.3 is 5.97 Å². The minimum absolute atomic E-state index is 0.0442. The van der Waals surface area contributed by atoms with Crippen molar-refractivity contribution in [3.63, 3.8) is 0 Å². The van der Waals surface area contributed by atoms with Crippen LogP contribution in [0.3, 0.4) is 0 Å². The Morgan fingerprint density at radius 3 is 2.86 bits per heavy atom. The fraction of sp³-hybridized carbons (Fsp3) is 0.300. The molecule has 1 rings (SSSR count). The van der Waals surface area contributed by atoms with Crippen molar-refractivity contribution in [2.75, 3.05) is 13.7 Å². The molecule has 0 aliphatic rings. The second-order valence-corrected chi connectivity index (χ2v) is 4.02. The maximum atomic E-state index is 10.8. The second kappa shape index (κ2) is 5.19. The Balaban J connectivity index is 2.66. The molecule has 3 nitrogen and oxygen atoms in total. The maximum Gasteiger partial charge on any atom is 0.343 e. The molecule has 14 heavy (non-hydrogen) atoms. The summed E-state index contributed by atoms with van der Waals surface area (Å²) in [6.07, 6.45) is 0. The van der Waals surface area contributed by atoms with Crippen molar-refractivity contribution in [3.05, 3.63) is 27.3 Å². The zero-order valence-corrected chi connectivity index (χ0v) is 10.2. The van der Waals surface area contributed by atoms with Crippen LogP contribution in [0, 0.1) is 10.5 Å². The van der Waals surface area contributed by atoms with Gasteiger partial charge < -0.3 is 9.47 Å². The van der Waals surface area contributed by atoms with E-state index in [2.05, 4.69) is 27.3 Å². The van der Waals surface area contributed by atoms with Gasteiger partial charge in [0, 0.05) is 3.57 Å². The van der Waals surface area contributed by atoms with Gasteiger partial charge in [0.1, 0.15) is 5.75 Å². The number of aryl methyl sites for hydroxylation is 1. The third-order valence-electron chi connectivity index (χ3n) is 1.72. The summed E-state index contributed by atoms with van der Waals surface area (Å²) in [6.45, 7) is 1.89. The van der Waals surface area contributed by atoms with Gasteiger partial charge in [-0.1, -0.05) is 6.07 Å². The average Bonchev–Trinajstić information content (AvgIpc) is 2.19. The molecule has 0 aliphatic heterocycles. The first-order chi connectivity index (χ1) is 6.63. The van der Waals surface area contributed by atoms with Crippen molar-refractivity contribution < 1.29 is 14.3 Å². The van der Waals surface area contributed by atoms with Crippen LogP contribution in [-0.2, 0) is 9.53 Å². The molecule has 0 unspecified atom stereocenters. The van der Waals surface area contributed by atoms with E-state index >= 15 is 0 Å². The summed E-state index contributed by atoms with van der Waals surface area (Å²) in [7, 11) is 1.34. The van der Waals surface area contributed by atoms with Crippen LogP contribution >= 0.6 is 22.6 Å². The Labute approximate surface area is 96.5 Å². The fourth-order valence-corrected chi connectivity index (χ4v) is 1.39. The third kappa shape index (κ3) is 3.17. The summed E-state index contributed by atoms with van der Waals surface area (Å²) in [6, 6.07) is 5.83. The Morgan fingerprint density at radius 2 is 2.21 bits per heavy atom. The maximum absolute atomic E-state index is 10.8. The van der Waals surface area contributed by atoms with Crippen molar-refractivity contribution in [3.8, 4) is 5.75 Å². The zero-order valence-electron chi connectivity index (χ0n) is 8.04. The molecule has 1 aromatic rings. The Morgan fingerprint density at radius 1 is 1.50 bits per heavy atom. The second-order valence-electron chi connectivity index (χ2n) is 2.77. The number of benzene rings is 1. The van der Waals surface area contributed by atoms with Gasteiger partial charge in [0.15, 0.2) is 6.61 Å². The Hall–Kier alpha value is -0.780. The van der Waals surface area contributed by atoms with Crippen LogP contribution in [0.25, 0.3) is 0 Å². The zero-order chi connectivity index (χ0) is 10.6. The predicted octanol–water partition coefficient (Wildman–Crippen LogP) is 2.15. The SMILES string of the molecule is COC(=O)COc1cc(I)ccc1C. The van der Waals surface area contributed by atoms with Gasteiger partial charge in [0.25, 0.3) is 0 Å². The van der Waals surface area contributed by atoms with E-state index in [1.54, 1.807) is 0 Å². The standard InChI is InChI=1S/C10H11IO3/c1-7-3-4-8(11)5-9(7)14-6-10(12)13-2/h3-5H,6H2,1-2H3. The number of rotatable bonds is 3. The first-order valence-corrected chi connectivity index (χ1v) is 5.17. The number of carbonyl (C=O) groups is 1. The molecule has 0 radical (unpaired) electrons. The molecular weight excluding hydrogens is 295 g/mol. The van der Waals surface area contributed by atoms with Crippen molar-refractivity contribution in [2.24, 2.45) is 0 Å². The van der Waals surface area contributed by atoms with E-state index in [1.807, 2.05) is 25.1 Å². The van der Waals surface area contributed by atoms with E-state index in [1.165, 1.54) is 7.11 Å². The van der Waals surface area contributed by atoms with Gasteiger partial charge in [-0.2, -0.15) is 0 Å². The summed E-state index contributed by atoms with van der Waals surface area (Å²) in [4.78, 5) is 10.8. The molecule has 0 bridgehead atoms. The van der Waals surface area contributed by atoms with E-state index in [0.717, 1.165) is 14.9 Å². The van der Waals surface area contributed by atoms with Crippen molar-refractivity contribution in [1.82, 2.24) is 0 Å². The quantitative estimate of drug-likeness (QED) is 0.634. The number of hydrogen-bond acceptors (Lipinski definition) is 3. The van der Waals surface area contributed by atoms with Crippen LogP contribution in [0.5, 0.6) is 5.75 Å². The van der Waals surface area contributed by atoms with E-state index < -0.39 is 0 Å². The molecule has 0 heterocycles. The summed E-state index contributed by atoms with van der Waals surface area (Å²) >= 11 is 2.19. The highest BCUT2D eigenvalue weighted by Gasteiger charge is 2.04. The molecule has 1 aromatic carbocycles. The monoisotopic (exact) mass is 306 g/mol. The van der Waals surface area contributed by atoms with Crippen LogP contribution in [0.1, 0.15) is 5.56 Å². The largest absolute Gasteiger partial charge is 0.482 e. The highest BCUT2D eigenvalue weighted by molar-refractivity contribution is 14.1. The summed E-state index contributed by atoms with van der Waals surface area (Å²) < 4.78 is 10.8. The topological polar surface area (TPSA) is 35.5 Å². The first-order valence-electron chi connectivity index (χ1n) is 4.09. The van der Waals surface area contributed by atoms with E-state index in [9.17, 15) is 4.79 Å². The predicted molar refractivity (Wildman–Crippen MR) is 61.4 cm³/mol. The van der Waals surface area contributed by atoms with Crippen molar-refractivity contribution in [1.29, 1.82) is 0 Å². The molecule has 0 saturated heterocycles. The minimum atomic E-state index is -0.372. The molecule has 0 N–H and O–H groups in total. The number of carbonyl (C=O) groups excluding carboxylic acids is 1. The lowest BCUT2D eigenvalue weighted by molar-refractivity contribution is -0.142. The van der Waals surface area contributed by atoms with Gasteiger partial charge in [-0.15, -0.1) is 0 Å². The van der Waals surface area contributed by atoms with Gasteiger partial charge in [-0.25, -0.2) is 4.79 Å². The van der Waals surface area contributed by atoms with Crippen LogP contribution in [0.4, 0.5) is 0 Å². The first kappa shape index (κ1) is 11.3. The number of hydrogen-bond donors (Lipinski definition) is 0. The highest BCUT2D eigenvalue weighted by atomic mass is 127. The molecule has 0 fully saturated rings. The average molecular weight is 306 g/mol. The smallest absolute Gasteiger partial charge is 0.343 e. The van der Waals surface area contributed by atoms with Crippen LogP contribution < -0.4 is 4.74 Å². The van der Waals surface area contributed by atoms with Gasteiger partial charge in [-0.3, -0.25) is 0 Å². The van der Waals surface area contributed by atoms with E-state index in [4.69, 9.17) is 4.74 Å². The normalized spacial score (nSPS) is 9.64. The highest BCUT2D eigenvalue weighted by Crippen LogP contribution is 2.20. The number of methoxy groups -OCH3 is 1. The van der Waals surface area contributed by atoms with Gasteiger partial charge in [-0.05, 0) is 47.2 Å². The van der Waals surface area contributed by atoms with E-state index in [0.29, 0.717) is 0 Å².